The van der Waals surface area contributed by atoms with E-state index in [2.05, 4.69) is 5.32 Å². The van der Waals surface area contributed by atoms with Gasteiger partial charge < -0.3 is 10.2 Å². The summed E-state index contributed by atoms with van der Waals surface area (Å²) in [6.45, 7) is 4.24. The highest BCUT2D eigenvalue weighted by Crippen LogP contribution is 2.31. The van der Waals surface area contributed by atoms with Crippen LogP contribution in [-0.2, 0) is 26.2 Å². The topological polar surface area (TPSA) is 86.8 Å². The first-order valence-corrected chi connectivity index (χ1v) is 15.7. The van der Waals surface area contributed by atoms with Crippen LogP contribution >= 0.6 is 23.2 Å². The number of carbonyl (C=O) groups is 2. The molecule has 208 valence electrons. The van der Waals surface area contributed by atoms with Gasteiger partial charge in [0.1, 0.15) is 6.04 Å². The Labute approximate surface area is 236 Å². The molecule has 0 aliphatic heterocycles. The van der Waals surface area contributed by atoms with Crippen molar-refractivity contribution < 1.29 is 18.0 Å². The molecule has 3 rings (SSSR count). The second kappa shape index (κ2) is 13.7. The van der Waals surface area contributed by atoms with Crippen LogP contribution < -0.4 is 9.62 Å². The summed E-state index contributed by atoms with van der Waals surface area (Å²) in [5.74, 6) is -0.338. The molecular weight excluding hydrogens is 545 g/mol. The van der Waals surface area contributed by atoms with Gasteiger partial charge in [-0.25, -0.2) is 8.42 Å². The molecule has 2 aromatic rings. The third-order valence-corrected chi connectivity index (χ3v) is 8.59. The zero-order valence-corrected chi connectivity index (χ0v) is 24.6. The number of carbonyl (C=O) groups excluding carboxylic acids is 2. The molecule has 0 unspecified atom stereocenters. The Bertz CT molecular complexity index is 1230. The molecule has 1 saturated carbocycles. The average Bonchev–Trinajstić information content (AvgIpc) is 3.35. The van der Waals surface area contributed by atoms with Gasteiger partial charge in [0.15, 0.2) is 0 Å². The molecule has 7 nitrogen and oxygen atoms in total. The maximum absolute atomic E-state index is 13.6. The van der Waals surface area contributed by atoms with Crippen molar-refractivity contribution >= 4 is 50.7 Å². The van der Waals surface area contributed by atoms with Gasteiger partial charge in [-0.15, -0.1) is 0 Å². The van der Waals surface area contributed by atoms with Crippen LogP contribution in [0.3, 0.4) is 0 Å². The Morgan fingerprint density at radius 1 is 1.11 bits per heavy atom. The van der Waals surface area contributed by atoms with E-state index in [1.54, 1.807) is 17.0 Å². The van der Waals surface area contributed by atoms with Gasteiger partial charge in [-0.1, -0.05) is 72.8 Å². The van der Waals surface area contributed by atoms with Crippen molar-refractivity contribution in [2.24, 2.45) is 0 Å². The van der Waals surface area contributed by atoms with Crippen molar-refractivity contribution in [2.75, 3.05) is 17.1 Å². The van der Waals surface area contributed by atoms with Crippen molar-refractivity contribution in [1.82, 2.24) is 10.2 Å². The number of halogens is 2. The molecule has 0 radical (unpaired) electrons. The number of nitrogens with one attached hydrogen (secondary N) is 1. The first kappa shape index (κ1) is 30.3. The number of benzene rings is 2. The molecule has 1 fully saturated rings. The van der Waals surface area contributed by atoms with Crippen LogP contribution in [0.2, 0.25) is 10.0 Å². The zero-order chi connectivity index (χ0) is 27.9. The van der Waals surface area contributed by atoms with E-state index in [1.165, 1.54) is 10.4 Å². The van der Waals surface area contributed by atoms with Crippen LogP contribution in [0.4, 0.5) is 5.69 Å². The molecule has 1 N–H and O–H groups in total. The Morgan fingerprint density at radius 3 is 2.45 bits per heavy atom. The largest absolute Gasteiger partial charge is 0.352 e. The highest BCUT2D eigenvalue weighted by Gasteiger charge is 2.31. The van der Waals surface area contributed by atoms with Crippen LogP contribution in [0.15, 0.2) is 42.5 Å². The number of hydrogen-bond acceptors (Lipinski definition) is 4. The van der Waals surface area contributed by atoms with E-state index < -0.39 is 16.1 Å². The summed E-state index contributed by atoms with van der Waals surface area (Å²) in [5.41, 5.74) is 2.28. The second-order valence-electron chi connectivity index (χ2n) is 9.96. The van der Waals surface area contributed by atoms with Crippen LogP contribution in [0.25, 0.3) is 0 Å². The fraction of sp³-hybridized carbons (Fsp3) is 0.500. The molecule has 1 aliphatic carbocycles. The predicted octanol–water partition coefficient (Wildman–Crippen LogP) is 5.71. The number of aryl methyl sites for hydroxylation is 1. The fourth-order valence-electron chi connectivity index (χ4n) is 4.95. The number of rotatable bonds is 12. The second-order valence-corrected chi connectivity index (χ2v) is 12.7. The van der Waals surface area contributed by atoms with Gasteiger partial charge in [0.2, 0.25) is 21.8 Å². The molecule has 0 spiro atoms. The molecule has 38 heavy (non-hydrogen) atoms. The molecule has 1 aliphatic rings. The SMILES string of the molecule is CC[C@H](C(=O)NC1CCCC1)N(Cc1cccc(C)c1)C(=O)CCCN(c1cc(Cl)ccc1Cl)S(C)(=O)=O. The first-order valence-electron chi connectivity index (χ1n) is 13.1. The summed E-state index contributed by atoms with van der Waals surface area (Å²) in [4.78, 5) is 28.5. The van der Waals surface area contributed by atoms with E-state index in [1.807, 2.05) is 38.1 Å². The summed E-state index contributed by atoms with van der Waals surface area (Å²) in [6, 6.07) is 12.0. The predicted molar refractivity (Wildman–Crippen MR) is 154 cm³/mol. The summed E-state index contributed by atoms with van der Waals surface area (Å²) in [5, 5.41) is 3.75. The molecule has 10 heteroatoms. The monoisotopic (exact) mass is 581 g/mol. The van der Waals surface area contributed by atoms with Gasteiger partial charge in [0, 0.05) is 30.6 Å². The maximum Gasteiger partial charge on any atom is 0.243 e. The highest BCUT2D eigenvalue weighted by atomic mass is 35.5. The van der Waals surface area contributed by atoms with Gasteiger partial charge in [-0.2, -0.15) is 0 Å². The standard InChI is InChI=1S/C28H37Cl2N3O4S/c1-4-25(28(35)31-23-11-5-6-12-23)32(19-21-10-7-9-20(2)17-21)27(34)13-8-16-33(38(3,36)37)26-18-22(29)14-15-24(26)30/h7,9-10,14-15,17-18,23,25H,4-6,8,11-13,16,19H2,1-3H3,(H,31,35)/t25-/m1/s1. The van der Waals surface area contributed by atoms with Crippen LogP contribution in [0.5, 0.6) is 0 Å². The minimum absolute atomic E-state index is 0.0496. The van der Waals surface area contributed by atoms with E-state index >= 15 is 0 Å². The number of nitrogens with zero attached hydrogens (tertiary/aromatic N) is 2. The lowest BCUT2D eigenvalue weighted by Gasteiger charge is -2.32. The third kappa shape index (κ3) is 8.35. The lowest BCUT2D eigenvalue weighted by atomic mass is 10.1. The number of hydrogen-bond donors (Lipinski definition) is 1. The van der Waals surface area contributed by atoms with Gasteiger partial charge in [-0.05, 0) is 56.4 Å². The summed E-state index contributed by atoms with van der Waals surface area (Å²) < 4.78 is 26.3. The van der Waals surface area contributed by atoms with E-state index in [-0.39, 0.29) is 48.0 Å². The minimum atomic E-state index is -3.68. The van der Waals surface area contributed by atoms with Gasteiger partial charge in [0.25, 0.3) is 0 Å². The maximum atomic E-state index is 13.6. The quantitative estimate of drug-likeness (QED) is 0.347. The van der Waals surface area contributed by atoms with Crippen molar-refractivity contribution in [2.45, 2.75) is 77.4 Å². The Balaban J connectivity index is 1.78. The van der Waals surface area contributed by atoms with Crippen molar-refractivity contribution in [1.29, 1.82) is 0 Å². The summed E-state index contributed by atoms with van der Waals surface area (Å²) in [7, 11) is -3.68. The molecule has 2 amide bonds. The Kier molecular flexibility index (Phi) is 10.9. The summed E-state index contributed by atoms with van der Waals surface area (Å²) in [6.07, 6.45) is 6.01. The first-order chi connectivity index (χ1) is 18.0. The van der Waals surface area contributed by atoms with E-state index in [0.29, 0.717) is 18.0 Å². The molecule has 2 aromatic carbocycles. The fourth-order valence-corrected chi connectivity index (χ4v) is 6.36. The van der Waals surface area contributed by atoms with Gasteiger partial charge >= 0.3 is 0 Å². The Hall–Kier alpha value is -2.29. The van der Waals surface area contributed by atoms with Crippen molar-refractivity contribution in [3.63, 3.8) is 0 Å². The highest BCUT2D eigenvalue weighted by molar-refractivity contribution is 7.92. The smallest absolute Gasteiger partial charge is 0.243 e. The lowest BCUT2D eigenvalue weighted by Crippen LogP contribution is -2.51. The molecule has 0 heterocycles. The molecule has 0 aromatic heterocycles. The Morgan fingerprint density at radius 2 is 1.82 bits per heavy atom. The van der Waals surface area contributed by atoms with Gasteiger partial charge in [0.05, 0.1) is 17.0 Å². The van der Waals surface area contributed by atoms with Crippen LogP contribution in [0, 0.1) is 6.92 Å². The molecule has 0 bridgehead atoms. The summed E-state index contributed by atoms with van der Waals surface area (Å²) >= 11 is 12.4. The minimum Gasteiger partial charge on any atom is -0.352 e. The number of anilines is 1. The average molecular weight is 583 g/mol. The van der Waals surface area contributed by atoms with Crippen LogP contribution in [0.1, 0.15) is 63.0 Å². The lowest BCUT2D eigenvalue weighted by molar-refractivity contribution is -0.141. The zero-order valence-electron chi connectivity index (χ0n) is 22.3. The van der Waals surface area contributed by atoms with Crippen molar-refractivity contribution in [3.8, 4) is 0 Å². The van der Waals surface area contributed by atoms with E-state index in [0.717, 1.165) is 43.1 Å². The molecule has 1 atom stereocenters. The van der Waals surface area contributed by atoms with E-state index in [4.69, 9.17) is 23.2 Å². The van der Waals surface area contributed by atoms with Crippen LogP contribution in [-0.4, -0.2) is 50.0 Å². The third-order valence-electron chi connectivity index (χ3n) is 6.85. The number of sulfonamides is 1. The molecular formula is C28H37Cl2N3O4S. The normalized spacial score (nSPS) is 14.8. The molecule has 0 saturated heterocycles. The number of amides is 2. The van der Waals surface area contributed by atoms with Gasteiger partial charge in [-0.3, -0.25) is 13.9 Å². The van der Waals surface area contributed by atoms with E-state index in [9.17, 15) is 18.0 Å². The van der Waals surface area contributed by atoms with Crippen molar-refractivity contribution in [3.05, 3.63) is 63.6 Å².